The molecule has 0 bridgehead atoms. The van der Waals surface area contributed by atoms with Gasteiger partial charge in [-0.15, -0.1) is 11.6 Å². The lowest BCUT2D eigenvalue weighted by molar-refractivity contribution is 0.243. The number of halogens is 1. The van der Waals surface area contributed by atoms with Gasteiger partial charge in [0, 0.05) is 19.0 Å². The van der Waals surface area contributed by atoms with Crippen molar-refractivity contribution in [3.63, 3.8) is 0 Å². The number of ether oxygens (including phenoxy) is 1. The average molecular weight is 256 g/mol. The Kier molecular flexibility index (Phi) is 7.85. The molecule has 0 fully saturated rings. The van der Waals surface area contributed by atoms with E-state index >= 15 is 0 Å². The molecule has 0 saturated heterocycles. The lowest BCUT2D eigenvalue weighted by Crippen LogP contribution is -2.28. The summed E-state index contributed by atoms with van der Waals surface area (Å²) in [5.74, 6) is 1.66. The normalized spacial score (nSPS) is 10.8. The van der Waals surface area contributed by atoms with Crippen LogP contribution in [0.5, 0.6) is 5.75 Å². The number of rotatable bonds is 9. The van der Waals surface area contributed by atoms with E-state index in [1.54, 1.807) is 0 Å². The summed E-state index contributed by atoms with van der Waals surface area (Å²) in [4.78, 5) is 2.39. The van der Waals surface area contributed by atoms with E-state index in [0.29, 0.717) is 5.88 Å². The smallest absolute Gasteiger partial charge is 0.119 e. The molecule has 3 heteroatoms. The largest absolute Gasteiger partial charge is 0.494 e. The summed E-state index contributed by atoms with van der Waals surface area (Å²) in [6, 6.07) is 9.96. The zero-order valence-electron chi connectivity index (χ0n) is 10.6. The van der Waals surface area contributed by atoms with Gasteiger partial charge in [0.1, 0.15) is 5.75 Å². The fourth-order valence-corrected chi connectivity index (χ4v) is 2.01. The molecule has 17 heavy (non-hydrogen) atoms. The summed E-state index contributed by atoms with van der Waals surface area (Å²) < 4.78 is 5.65. The van der Waals surface area contributed by atoms with Crippen LogP contribution in [0.4, 0.5) is 0 Å². The predicted octanol–water partition coefficient (Wildman–Crippen LogP) is 3.41. The third kappa shape index (κ3) is 6.54. The van der Waals surface area contributed by atoms with Gasteiger partial charge < -0.3 is 9.64 Å². The van der Waals surface area contributed by atoms with E-state index in [2.05, 4.69) is 11.8 Å². The molecule has 0 aliphatic heterocycles. The van der Waals surface area contributed by atoms with E-state index in [9.17, 15) is 0 Å². The lowest BCUT2D eigenvalue weighted by atomic mass is 10.3. The minimum absolute atomic E-state index is 0.708. The standard InChI is InChI=1S/C14H22ClNO/c1-2-10-16(12-9-15)11-6-13-17-14-7-4-3-5-8-14/h3-5,7-8H,2,6,9-13H2,1H3. The molecule has 1 aromatic carbocycles. The van der Waals surface area contributed by atoms with Gasteiger partial charge in [0.2, 0.25) is 0 Å². The minimum atomic E-state index is 0.708. The Morgan fingerprint density at radius 1 is 1.12 bits per heavy atom. The number of hydrogen-bond donors (Lipinski definition) is 0. The van der Waals surface area contributed by atoms with E-state index in [1.807, 2.05) is 30.3 Å². The third-order valence-corrected chi connectivity index (χ3v) is 2.74. The molecule has 0 aliphatic rings. The van der Waals surface area contributed by atoms with Crippen molar-refractivity contribution in [1.29, 1.82) is 0 Å². The van der Waals surface area contributed by atoms with Crippen LogP contribution in [-0.2, 0) is 0 Å². The van der Waals surface area contributed by atoms with Crippen LogP contribution in [0.1, 0.15) is 19.8 Å². The van der Waals surface area contributed by atoms with E-state index in [0.717, 1.165) is 38.4 Å². The Morgan fingerprint density at radius 3 is 2.53 bits per heavy atom. The molecule has 0 N–H and O–H groups in total. The molecule has 0 amide bonds. The van der Waals surface area contributed by atoms with Crippen LogP contribution in [-0.4, -0.2) is 37.0 Å². The monoisotopic (exact) mass is 255 g/mol. The van der Waals surface area contributed by atoms with Crippen molar-refractivity contribution in [2.75, 3.05) is 32.1 Å². The van der Waals surface area contributed by atoms with Gasteiger partial charge in [-0.25, -0.2) is 0 Å². The second-order valence-corrected chi connectivity index (χ2v) is 4.42. The van der Waals surface area contributed by atoms with Crippen LogP contribution in [0.2, 0.25) is 0 Å². The van der Waals surface area contributed by atoms with Gasteiger partial charge in [-0.3, -0.25) is 0 Å². The first-order chi connectivity index (χ1) is 8.36. The van der Waals surface area contributed by atoms with Crippen LogP contribution in [0, 0.1) is 0 Å². The zero-order valence-corrected chi connectivity index (χ0v) is 11.3. The number of nitrogens with zero attached hydrogens (tertiary/aromatic N) is 1. The van der Waals surface area contributed by atoms with Crippen molar-refractivity contribution in [1.82, 2.24) is 4.90 Å². The highest BCUT2D eigenvalue weighted by Crippen LogP contribution is 2.08. The highest BCUT2D eigenvalue weighted by Gasteiger charge is 2.02. The third-order valence-electron chi connectivity index (χ3n) is 2.57. The molecule has 0 heterocycles. The topological polar surface area (TPSA) is 12.5 Å². The van der Waals surface area contributed by atoms with Gasteiger partial charge in [-0.2, -0.15) is 0 Å². The van der Waals surface area contributed by atoms with Crippen LogP contribution in [0.15, 0.2) is 30.3 Å². The summed E-state index contributed by atoms with van der Waals surface area (Å²) in [6.45, 7) is 6.13. The summed E-state index contributed by atoms with van der Waals surface area (Å²) in [7, 11) is 0. The summed E-state index contributed by atoms with van der Waals surface area (Å²) in [6.07, 6.45) is 2.22. The van der Waals surface area contributed by atoms with E-state index < -0.39 is 0 Å². The summed E-state index contributed by atoms with van der Waals surface area (Å²) in [5.41, 5.74) is 0. The Morgan fingerprint density at radius 2 is 1.88 bits per heavy atom. The van der Waals surface area contributed by atoms with Crippen LogP contribution < -0.4 is 4.74 Å². The molecule has 0 spiro atoms. The Balaban J connectivity index is 2.13. The lowest BCUT2D eigenvalue weighted by Gasteiger charge is -2.20. The van der Waals surface area contributed by atoms with Gasteiger partial charge in [0.15, 0.2) is 0 Å². The number of hydrogen-bond acceptors (Lipinski definition) is 2. The molecule has 0 aromatic heterocycles. The Hall–Kier alpha value is -0.730. The first-order valence-corrected chi connectivity index (χ1v) is 6.86. The van der Waals surface area contributed by atoms with Gasteiger partial charge in [-0.05, 0) is 31.5 Å². The second-order valence-electron chi connectivity index (χ2n) is 4.05. The molecule has 1 rings (SSSR count). The van der Waals surface area contributed by atoms with Gasteiger partial charge in [-0.1, -0.05) is 25.1 Å². The SMILES string of the molecule is CCCN(CCCl)CCCOc1ccccc1. The van der Waals surface area contributed by atoms with Gasteiger partial charge >= 0.3 is 0 Å². The summed E-state index contributed by atoms with van der Waals surface area (Å²) >= 11 is 5.77. The molecular formula is C14H22ClNO. The van der Waals surface area contributed by atoms with E-state index in [4.69, 9.17) is 16.3 Å². The van der Waals surface area contributed by atoms with Crippen molar-refractivity contribution < 1.29 is 4.74 Å². The van der Waals surface area contributed by atoms with Crippen molar-refractivity contribution in [2.24, 2.45) is 0 Å². The highest BCUT2D eigenvalue weighted by molar-refractivity contribution is 6.18. The van der Waals surface area contributed by atoms with Gasteiger partial charge in [0.25, 0.3) is 0 Å². The van der Waals surface area contributed by atoms with Crippen molar-refractivity contribution in [3.05, 3.63) is 30.3 Å². The maximum atomic E-state index is 5.77. The fraction of sp³-hybridized carbons (Fsp3) is 0.571. The summed E-state index contributed by atoms with van der Waals surface area (Å²) in [5, 5.41) is 0. The predicted molar refractivity (Wildman–Crippen MR) is 74.0 cm³/mol. The highest BCUT2D eigenvalue weighted by atomic mass is 35.5. The first-order valence-electron chi connectivity index (χ1n) is 6.33. The first kappa shape index (κ1) is 14.3. The maximum Gasteiger partial charge on any atom is 0.119 e. The fourth-order valence-electron chi connectivity index (χ4n) is 1.77. The number of para-hydroxylation sites is 1. The molecular weight excluding hydrogens is 234 g/mol. The minimum Gasteiger partial charge on any atom is -0.494 e. The molecule has 1 aromatic rings. The van der Waals surface area contributed by atoms with Gasteiger partial charge in [0.05, 0.1) is 6.61 Å². The second kappa shape index (κ2) is 9.32. The molecule has 96 valence electrons. The van der Waals surface area contributed by atoms with Crippen LogP contribution >= 0.6 is 11.6 Å². The maximum absolute atomic E-state index is 5.77. The Bertz CT molecular complexity index is 273. The molecule has 0 aliphatic carbocycles. The van der Waals surface area contributed by atoms with Crippen LogP contribution in [0.3, 0.4) is 0 Å². The molecule has 0 saturated carbocycles. The molecule has 0 atom stereocenters. The molecule has 0 unspecified atom stereocenters. The average Bonchev–Trinajstić information content (AvgIpc) is 2.36. The number of alkyl halides is 1. The quantitative estimate of drug-likeness (QED) is 0.495. The molecule has 2 nitrogen and oxygen atoms in total. The van der Waals surface area contributed by atoms with Crippen LogP contribution in [0.25, 0.3) is 0 Å². The zero-order chi connectivity index (χ0) is 12.3. The van der Waals surface area contributed by atoms with Crippen molar-refractivity contribution in [3.8, 4) is 5.75 Å². The number of benzene rings is 1. The Labute approximate surface area is 110 Å². The van der Waals surface area contributed by atoms with E-state index in [-0.39, 0.29) is 0 Å². The molecule has 0 radical (unpaired) electrons. The van der Waals surface area contributed by atoms with Crippen molar-refractivity contribution in [2.45, 2.75) is 19.8 Å². The van der Waals surface area contributed by atoms with Crippen molar-refractivity contribution >= 4 is 11.6 Å². The van der Waals surface area contributed by atoms with E-state index in [1.165, 1.54) is 6.42 Å².